The van der Waals surface area contributed by atoms with Gasteiger partial charge < -0.3 is 10.1 Å². The smallest absolute Gasteiger partial charge is 0.339 e. The molecule has 3 heterocycles. The Kier molecular flexibility index (Phi) is 6.89. The van der Waals surface area contributed by atoms with Gasteiger partial charge in [-0.25, -0.2) is 9.59 Å². The molecule has 1 aliphatic rings. The highest BCUT2D eigenvalue weighted by Crippen LogP contribution is 2.29. The fraction of sp³-hybridized carbons (Fsp3) is 0.250. The number of aromatic nitrogens is 3. The first-order chi connectivity index (χ1) is 18.3. The molecule has 10 nitrogen and oxygen atoms in total. The summed E-state index contributed by atoms with van der Waals surface area (Å²) in [6.07, 6.45) is 0.685. The van der Waals surface area contributed by atoms with Crippen molar-refractivity contribution < 1.29 is 14.3 Å². The van der Waals surface area contributed by atoms with Crippen LogP contribution in [0.25, 0.3) is 10.9 Å². The predicted octanol–water partition coefficient (Wildman–Crippen LogP) is 1.99. The first-order valence-corrected chi connectivity index (χ1v) is 12.2. The van der Waals surface area contributed by atoms with Crippen LogP contribution in [0.1, 0.15) is 27.2 Å². The van der Waals surface area contributed by atoms with Crippen molar-refractivity contribution in [3.05, 3.63) is 104 Å². The summed E-state index contributed by atoms with van der Waals surface area (Å²) in [5, 5.41) is 3.13. The predicted molar refractivity (Wildman–Crippen MR) is 142 cm³/mol. The lowest BCUT2D eigenvalue weighted by molar-refractivity contribution is -0.119. The van der Waals surface area contributed by atoms with Gasteiger partial charge in [0.25, 0.3) is 11.5 Å². The lowest BCUT2D eigenvalue weighted by Crippen LogP contribution is -2.38. The fourth-order valence-corrected chi connectivity index (χ4v) is 4.69. The van der Waals surface area contributed by atoms with Gasteiger partial charge in [-0.1, -0.05) is 48.5 Å². The molecule has 1 amide bonds. The topological polar surface area (TPSA) is 116 Å². The van der Waals surface area contributed by atoms with E-state index in [0.29, 0.717) is 29.4 Å². The maximum Gasteiger partial charge on any atom is 0.339 e. The maximum absolute atomic E-state index is 13.4. The molecule has 0 unspecified atom stereocenters. The van der Waals surface area contributed by atoms with Crippen molar-refractivity contribution in [3.8, 4) is 0 Å². The van der Waals surface area contributed by atoms with Gasteiger partial charge in [0.2, 0.25) is 0 Å². The second-order valence-corrected chi connectivity index (χ2v) is 9.27. The van der Waals surface area contributed by atoms with E-state index in [2.05, 4.69) is 22.3 Å². The van der Waals surface area contributed by atoms with Crippen LogP contribution < -0.4 is 16.6 Å². The normalized spacial score (nSPS) is 13.2. The number of hydrogen-bond acceptors (Lipinski definition) is 7. The molecule has 4 aromatic rings. The van der Waals surface area contributed by atoms with Gasteiger partial charge in [-0.15, -0.1) is 0 Å². The Hall–Kier alpha value is -4.57. The van der Waals surface area contributed by atoms with Crippen LogP contribution in [0.4, 0.5) is 5.82 Å². The first kappa shape index (κ1) is 25.1. The van der Waals surface area contributed by atoms with Crippen molar-refractivity contribution in [2.75, 3.05) is 18.5 Å². The Morgan fingerprint density at radius 2 is 1.74 bits per heavy atom. The average Bonchev–Trinajstić information content (AvgIpc) is 2.92. The Morgan fingerprint density at radius 1 is 1.00 bits per heavy atom. The summed E-state index contributed by atoms with van der Waals surface area (Å²) in [5.74, 6) is -1.28. The number of esters is 1. The van der Waals surface area contributed by atoms with E-state index in [-0.39, 0.29) is 5.82 Å². The van der Waals surface area contributed by atoms with E-state index in [1.807, 2.05) is 42.5 Å². The number of nitrogens with zero attached hydrogens (tertiary/aromatic N) is 4. The molecule has 1 aliphatic heterocycles. The molecule has 0 atom stereocenters. The standard InChI is InChI=1S/C28H27N5O5/c1-31-23(14-25(35)32(2)28(31)37)30-24(34)17-38-27(36)26-19-10-6-7-11-21(19)29-22-12-13-33(16-20(22)26)15-18-8-4-3-5-9-18/h3-11,14H,12-13,15-17H2,1-2H3,(H,30,34). The Morgan fingerprint density at radius 3 is 2.53 bits per heavy atom. The summed E-state index contributed by atoms with van der Waals surface area (Å²) in [5.41, 5.74) is 2.77. The van der Waals surface area contributed by atoms with Crippen LogP contribution in [0.3, 0.4) is 0 Å². The number of amides is 1. The molecule has 0 saturated carbocycles. The molecular weight excluding hydrogens is 486 g/mol. The molecule has 2 aromatic carbocycles. The van der Waals surface area contributed by atoms with Crippen molar-refractivity contribution in [1.29, 1.82) is 0 Å². The van der Waals surface area contributed by atoms with E-state index in [0.717, 1.165) is 39.5 Å². The van der Waals surface area contributed by atoms with Gasteiger partial charge >= 0.3 is 11.7 Å². The molecule has 0 bridgehead atoms. The van der Waals surface area contributed by atoms with Gasteiger partial charge in [-0.05, 0) is 11.6 Å². The number of pyridine rings is 1. The monoisotopic (exact) mass is 513 g/mol. The maximum atomic E-state index is 13.4. The van der Waals surface area contributed by atoms with Gasteiger partial charge in [-0.2, -0.15) is 0 Å². The van der Waals surface area contributed by atoms with Gasteiger partial charge in [0, 0.05) is 62.9 Å². The van der Waals surface area contributed by atoms with Crippen molar-refractivity contribution in [2.45, 2.75) is 19.5 Å². The van der Waals surface area contributed by atoms with Gasteiger partial charge in [0.1, 0.15) is 5.82 Å². The van der Waals surface area contributed by atoms with Crippen LogP contribution >= 0.6 is 0 Å². The lowest BCUT2D eigenvalue weighted by Gasteiger charge is -2.30. The molecule has 0 aliphatic carbocycles. The summed E-state index contributed by atoms with van der Waals surface area (Å²) >= 11 is 0. The number of rotatable bonds is 6. The van der Waals surface area contributed by atoms with E-state index >= 15 is 0 Å². The molecule has 1 N–H and O–H groups in total. The summed E-state index contributed by atoms with van der Waals surface area (Å²) in [6.45, 7) is 1.48. The highest BCUT2D eigenvalue weighted by atomic mass is 16.5. The first-order valence-electron chi connectivity index (χ1n) is 12.2. The molecule has 0 spiro atoms. The number of fused-ring (bicyclic) bond motifs is 2. The van der Waals surface area contributed by atoms with E-state index in [9.17, 15) is 19.2 Å². The van der Waals surface area contributed by atoms with Crippen LogP contribution in [0, 0.1) is 0 Å². The number of carbonyl (C=O) groups is 2. The number of ether oxygens (including phenoxy) is 1. The van der Waals surface area contributed by atoms with Crippen LogP contribution in [0.15, 0.2) is 70.3 Å². The number of para-hydroxylation sites is 1. The SMILES string of the molecule is Cn1c(NC(=O)COC(=O)c2c3c(nc4ccccc24)CCN(Cc2ccccc2)C3)cc(=O)n(C)c1=O. The molecule has 0 fully saturated rings. The van der Waals surface area contributed by atoms with Gasteiger partial charge in [-0.3, -0.25) is 28.6 Å². The minimum absolute atomic E-state index is 0.0162. The Bertz CT molecular complexity index is 1660. The molecule has 194 valence electrons. The summed E-state index contributed by atoms with van der Waals surface area (Å²) in [7, 11) is 2.78. The molecule has 0 saturated heterocycles. The average molecular weight is 514 g/mol. The molecule has 2 aromatic heterocycles. The Labute approximate surface area is 218 Å². The highest BCUT2D eigenvalue weighted by Gasteiger charge is 2.27. The van der Waals surface area contributed by atoms with Crippen molar-refractivity contribution in [2.24, 2.45) is 14.1 Å². The molecule has 38 heavy (non-hydrogen) atoms. The zero-order valence-electron chi connectivity index (χ0n) is 21.1. The van der Waals surface area contributed by atoms with E-state index in [4.69, 9.17) is 9.72 Å². The number of nitrogens with one attached hydrogen (secondary N) is 1. The second-order valence-electron chi connectivity index (χ2n) is 9.27. The van der Waals surface area contributed by atoms with Crippen LogP contribution in [0.5, 0.6) is 0 Å². The number of carbonyl (C=O) groups excluding carboxylic acids is 2. The van der Waals surface area contributed by atoms with Crippen LogP contribution in [-0.4, -0.2) is 44.0 Å². The summed E-state index contributed by atoms with van der Waals surface area (Å²) < 4.78 is 7.51. The van der Waals surface area contributed by atoms with Crippen molar-refractivity contribution >= 4 is 28.6 Å². The summed E-state index contributed by atoms with van der Waals surface area (Å²) in [6, 6.07) is 18.6. The number of anilines is 1. The minimum atomic E-state index is -0.667. The third-order valence-corrected chi connectivity index (χ3v) is 6.71. The largest absolute Gasteiger partial charge is 0.452 e. The van der Waals surface area contributed by atoms with Crippen LogP contribution in [-0.2, 0) is 43.1 Å². The van der Waals surface area contributed by atoms with Gasteiger partial charge in [0.05, 0.1) is 11.1 Å². The molecule has 0 radical (unpaired) electrons. The zero-order valence-corrected chi connectivity index (χ0v) is 21.1. The van der Waals surface area contributed by atoms with Crippen molar-refractivity contribution in [3.63, 3.8) is 0 Å². The van der Waals surface area contributed by atoms with E-state index < -0.39 is 29.7 Å². The van der Waals surface area contributed by atoms with Gasteiger partial charge in [0.15, 0.2) is 6.61 Å². The molecule has 5 rings (SSSR count). The van der Waals surface area contributed by atoms with E-state index in [1.165, 1.54) is 19.7 Å². The zero-order chi connectivity index (χ0) is 26.8. The third-order valence-electron chi connectivity index (χ3n) is 6.71. The molecule has 10 heteroatoms. The summed E-state index contributed by atoms with van der Waals surface area (Å²) in [4.78, 5) is 57.1. The Balaban J connectivity index is 1.38. The number of hydrogen-bond donors (Lipinski definition) is 1. The molecular formula is C28H27N5O5. The lowest BCUT2D eigenvalue weighted by atomic mass is 9.95. The number of benzene rings is 2. The second kappa shape index (κ2) is 10.4. The van der Waals surface area contributed by atoms with Crippen LogP contribution in [0.2, 0.25) is 0 Å². The highest BCUT2D eigenvalue weighted by molar-refractivity contribution is 6.06. The quantitative estimate of drug-likeness (QED) is 0.392. The van der Waals surface area contributed by atoms with Crippen molar-refractivity contribution in [1.82, 2.24) is 19.0 Å². The third kappa shape index (κ3) is 4.98. The fourth-order valence-electron chi connectivity index (χ4n) is 4.69. The van der Waals surface area contributed by atoms with E-state index in [1.54, 1.807) is 0 Å². The minimum Gasteiger partial charge on any atom is -0.452 e.